The maximum absolute atomic E-state index is 11.6. The molecule has 2 saturated carbocycles. The van der Waals surface area contributed by atoms with Crippen LogP contribution in [0.2, 0.25) is 0 Å². The molecule has 66 valence electrons. The van der Waals surface area contributed by atoms with Crippen molar-refractivity contribution in [3.05, 3.63) is 0 Å². The summed E-state index contributed by atoms with van der Waals surface area (Å²) < 4.78 is 0. The first-order valence-corrected chi connectivity index (χ1v) is 4.43. The smallest absolute Gasteiger partial charge is 0.140 e. The molecule has 0 aromatic heterocycles. The Morgan fingerprint density at radius 3 is 2.25 bits per heavy atom. The van der Waals surface area contributed by atoms with Crippen LogP contribution in [-0.4, -0.2) is 12.1 Å². The fourth-order valence-electron chi connectivity index (χ4n) is 3.14. The molecule has 2 nitrogen and oxygen atoms in total. The Morgan fingerprint density at radius 2 is 2.00 bits per heavy atom. The van der Waals surface area contributed by atoms with Crippen molar-refractivity contribution in [3.63, 3.8) is 0 Å². The summed E-state index contributed by atoms with van der Waals surface area (Å²) in [5, 5.41) is 0. The minimum Gasteiger partial charge on any atom is -0.303 e. The molecule has 12 heavy (non-hydrogen) atoms. The lowest BCUT2D eigenvalue weighted by Gasteiger charge is -2.18. The molecule has 3 atom stereocenters. The van der Waals surface area contributed by atoms with Crippen molar-refractivity contribution >= 4 is 12.1 Å². The molecule has 2 rings (SSSR count). The van der Waals surface area contributed by atoms with Gasteiger partial charge in [-0.05, 0) is 11.3 Å². The summed E-state index contributed by atoms with van der Waals surface area (Å²) in [6, 6.07) is 0. The van der Waals surface area contributed by atoms with Crippen LogP contribution < -0.4 is 0 Å². The van der Waals surface area contributed by atoms with E-state index in [4.69, 9.17) is 0 Å². The summed E-state index contributed by atoms with van der Waals surface area (Å²) in [6.45, 7) is 6.11. The fraction of sp³-hybridized carbons (Fsp3) is 0.800. The second-order valence-corrected chi connectivity index (χ2v) is 5.01. The fourth-order valence-corrected chi connectivity index (χ4v) is 3.14. The number of carbonyl (C=O) groups is 2. The molecule has 0 heterocycles. The van der Waals surface area contributed by atoms with E-state index in [1.54, 1.807) is 0 Å². The van der Waals surface area contributed by atoms with Gasteiger partial charge in [0.05, 0.1) is 0 Å². The lowest BCUT2D eigenvalue weighted by Crippen LogP contribution is -2.17. The normalized spacial score (nSPS) is 48.8. The van der Waals surface area contributed by atoms with Gasteiger partial charge >= 0.3 is 0 Å². The predicted molar refractivity (Wildman–Crippen MR) is 44.6 cm³/mol. The van der Waals surface area contributed by atoms with Gasteiger partial charge in [0.1, 0.15) is 12.1 Å². The molecule has 2 fully saturated rings. The highest BCUT2D eigenvalue weighted by molar-refractivity contribution is 5.96. The second kappa shape index (κ2) is 1.81. The van der Waals surface area contributed by atoms with Gasteiger partial charge in [0.25, 0.3) is 0 Å². The van der Waals surface area contributed by atoms with E-state index in [1.807, 2.05) is 6.92 Å². The highest BCUT2D eigenvalue weighted by atomic mass is 16.1. The molecule has 0 bridgehead atoms. The Labute approximate surface area is 72.3 Å². The van der Waals surface area contributed by atoms with E-state index in [-0.39, 0.29) is 22.5 Å². The number of aldehydes is 1. The van der Waals surface area contributed by atoms with Crippen LogP contribution in [-0.2, 0) is 9.59 Å². The van der Waals surface area contributed by atoms with Crippen LogP contribution in [0.1, 0.15) is 27.2 Å². The molecule has 0 saturated heterocycles. The van der Waals surface area contributed by atoms with Gasteiger partial charge in [-0.1, -0.05) is 20.8 Å². The number of hydrogen-bond donors (Lipinski definition) is 0. The third-order valence-electron chi connectivity index (χ3n) is 3.79. The van der Waals surface area contributed by atoms with Crippen molar-refractivity contribution in [2.75, 3.05) is 0 Å². The second-order valence-electron chi connectivity index (χ2n) is 5.01. The number of hydrogen-bond acceptors (Lipinski definition) is 2. The first-order valence-electron chi connectivity index (χ1n) is 4.43. The van der Waals surface area contributed by atoms with Crippen molar-refractivity contribution in [2.45, 2.75) is 27.2 Å². The minimum absolute atomic E-state index is 0.00810. The van der Waals surface area contributed by atoms with Crippen molar-refractivity contribution < 1.29 is 9.59 Å². The van der Waals surface area contributed by atoms with Crippen LogP contribution >= 0.6 is 0 Å². The van der Waals surface area contributed by atoms with Crippen LogP contribution in [0.4, 0.5) is 0 Å². The molecule has 2 heteroatoms. The Balaban J connectivity index is 2.37. The Hall–Kier alpha value is -0.660. The highest BCUT2D eigenvalue weighted by Gasteiger charge is 2.74. The van der Waals surface area contributed by atoms with E-state index < -0.39 is 0 Å². The van der Waals surface area contributed by atoms with Gasteiger partial charge in [0.15, 0.2) is 0 Å². The first kappa shape index (κ1) is 7.96. The van der Waals surface area contributed by atoms with E-state index in [2.05, 4.69) is 13.8 Å². The molecular formula is C10H14O2. The maximum atomic E-state index is 11.6. The molecule has 3 unspecified atom stereocenters. The van der Waals surface area contributed by atoms with Crippen LogP contribution in [0.25, 0.3) is 0 Å². The zero-order chi connectivity index (χ0) is 9.15. The van der Waals surface area contributed by atoms with Gasteiger partial charge in [0, 0.05) is 17.8 Å². The SMILES string of the molecule is CC1(C)CC(=O)C2(C)C(C=O)C12. The molecule has 0 amide bonds. The number of Topliss-reactive ketones (excluding diaryl/α,β-unsaturated/α-hetero) is 1. The average Bonchev–Trinajstić information content (AvgIpc) is 2.51. The summed E-state index contributed by atoms with van der Waals surface area (Å²) in [5.74, 6) is 0.610. The average molecular weight is 166 g/mol. The summed E-state index contributed by atoms with van der Waals surface area (Å²) in [4.78, 5) is 22.2. The predicted octanol–water partition coefficient (Wildman–Crippen LogP) is 1.44. The van der Waals surface area contributed by atoms with Crippen LogP contribution in [0.5, 0.6) is 0 Å². The van der Waals surface area contributed by atoms with Crippen molar-refractivity contribution in [1.29, 1.82) is 0 Å². The molecule has 0 spiro atoms. The van der Waals surface area contributed by atoms with Crippen molar-refractivity contribution in [2.24, 2.45) is 22.7 Å². The largest absolute Gasteiger partial charge is 0.303 e. The van der Waals surface area contributed by atoms with E-state index in [9.17, 15) is 9.59 Å². The lowest BCUT2D eigenvalue weighted by atomic mass is 9.85. The van der Waals surface area contributed by atoms with E-state index in [0.717, 1.165) is 6.29 Å². The van der Waals surface area contributed by atoms with Gasteiger partial charge in [0.2, 0.25) is 0 Å². The minimum atomic E-state index is -0.286. The van der Waals surface area contributed by atoms with Crippen LogP contribution in [0.15, 0.2) is 0 Å². The quantitative estimate of drug-likeness (QED) is 0.552. The molecule has 2 aliphatic rings. The van der Waals surface area contributed by atoms with Crippen molar-refractivity contribution in [1.82, 2.24) is 0 Å². The highest BCUT2D eigenvalue weighted by Crippen LogP contribution is 2.71. The number of rotatable bonds is 1. The van der Waals surface area contributed by atoms with Gasteiger partial charge in [-0.2, -0.15) is 0 Å². The number of carbonyl (C=O) groups excluding carboxylic acids is 2. The molecule has 0 N–H and O–H groups in total. The maximum Gasteiger partial charge on any atom is 0.140 e. The first-order chi connectivity index (χ1) is 5.44. The van der Waals surface area contributed by atoms with Crippen LogP contribution in [0, 0.1) is 22.7 Å². The Kier molecular flexibility index (Phi) is 1.20. The monoisotopic (exact) mass is 166 g/mol. The van der Waals surface area contributed by atoms with E-state index in [1.165, 1.54) is 0 Å². The van der Waals surface area contributed by atoms with Gasteiger partial charge in [-0.15, -0.1) is 0 Å². The lowest BCUT2D eigenvalue weighted by molar-refractivity contribution is -0.125. The topological polar surface area (TPSA) is 34.1 Å². The summed E-state index contributed by atoms with van der Waals surface area (Å²) >= 11 is 0. The third kappa shape index (κ3) is 0.621. The van der Waals surface area contributed by atoms with E-state index in [0.29, 0.717) is 12.3 Å². The zero-order valence-corrected chi connectivity index (χ0v) is 7.76. The molecular weight excluding hydrogens is 152 g/mol. The van der Waals surface area contributed by atoms with Gasteiger partial charge in [-0.3, -0.25) is 4.79 Å². The summed E-state index contributed by atoms with van der Waals surface area (Å²) in [5.41, 5.74) is -0.233. The molecule has 0 aromatic rings. The molecule has 2 aliphatic carbocycles. The molecule has 0 radical (unpaired) electrons. The van der Waals surface area contributed by atoms with E-state index >= 15 is 0 Å². The number of fused-ring (bicyclic) bond motifs is 1. The molecule has 0 aromatic carbocycles. The Morgan fingerprint density at radius 1 is 1.42 bits per heavy atom. The Bertz CT molecular complexity index is 267. The summed E-state index contributed by atoms with van der Waals surface area (Å²) in [6.07, 6.45) is 1.61. The third-order valence-corrected chi connectivity index (χ3v) is 3.79. The van der Waals surface area contributed by atoms with Crippen molar-refractivity contribution in [3.8, 4) is 0 Å². The standard InChI is InChI=1S/C10H14O2/c1-9(2)4-7(12)10(3)6(5-11)8(9)10/h5-6,8H,4H2,1-3H3. The molecule has 0 aliphatic heterocycles. The van der Waals surface area contributed by atoms with Gasteiger partial charge in [-0.25, -0.2) is 0 Å². The number of ketones is 1. The summed E-state index contributed by atoms with van der Waals surface area (Å²) in [7, 11) is 0. The van der Waals surface area contributed by atoms with Crippen LogP contribution in [0.3, 0.4) is 0 Å². The van der Waals surface area contributed by atoms with Gasteiger partial charge < -0.3 is 4.79 Å². The zero-order valence-electron chi connectivity index (χ0n) is 7.76.